The van der Waals surface area contributed by atoms with Crippen molar-refractivity contribution in [3.8, 4) is 0 Å². The maximum atomic E-state index is 11.3. The van der Waals surface area contributed by atoms with Crippen LogP contribution in [-0.2, 0) is 19.3 Å². The summed E-state index contributed by atoms with van der Waals surface area (Å²) in [5.41, 5.74) is 0.740. The molecule has 0 unspecified atom stereocenters. The Morgan fingerprint density at radius 2 is 1.95 bits per heavy atom. The minimum atomic E-state index is -3.26. The number of rotatable bonds is 3. The number of hydrogen-bond acceptors (Lipinski definition) is 6. The molecule has 0 radical (unpaired) electrons. The van der Waals surface area contributed by atoms with Gasteiger partial charge in [0.15, 0.2) is 20.7 Å². The summed E-state index contributed by atoms with van der Waals surface area (Å²) in [6.45, 7) is 4.79. The van der Waals surface area contributed by atoms with Crippen LogP contribution in [0.3, 0.4) is 0 Å². The van der Waals surface area contributed by atoms with Crippen LogP contribution in [0.15, 0.2) is 23.4 Å². The lowest BCUT2D eigenvalue weighted by Gasteiger charge is -2.35. The van der Waals surface area contributed by atoms with Crippen molar-refractivity contribution in [3.63, 3.8) is 0 Å². The normalized spacial score (nSPS) is 20.2. The minimum Gasteiger partial charge on any atom is -0.376 e. The van der Waals surface area contributed by atoms with Crippen molar-refractivity contribution in [1.82, 2.24) is 4.98 Å². The SMILES string of the molecule is CC1(C)OCC(Nc2ccc(S(C)(=O)=O)nc2)CO1. The van der Waals surface area contributed by atoms with Gasteiger partial charge in [-0.25, -0.2) is 13.4 Å². The molecule has 19 heavy (non-hydrogen) atoms. The van der Waals surface area contributed by atoms with E-state index in [2.05, 4.69) is 10.3 Å². The first-order valence-corrected chi connectivity index (χ1v) is 7.86. The highest BCUT2D eigenvalue weighted by atomic mass is 32.2. The average molecular weight is 286 g/mol. The van der Waals surface area contributed by atoms with E-state index in [1.165, 1.54) is 12.3 Å². The van der Waals surface area contributed by atoms with Crippen LogP contribution in [0.1, 0.15) is 13.8 Å². The molecule has 6 nitrogen and oxygen atoms in total. The summed E-state index contributed by atoms with van der Waals surface area (Å²) >= 11 is 0. The molecule has 1 fully saturated rings. The first kappa shape index (κ1) is 14.2. The van der Waals surface area contributed by atoms with Gasteiger partial charge in [0.25, 0.3) is 0 Å². The lowest BCUT2D eigenvalue weighted by molar-refractivity contribution is -0.247. The highest BCUT2D eigenvalue weighted by molar-refractivity contribution is 7.90. The van der Waals surface area contributed by atoms with Crippen molar-refractivity contribution in [2.24, 2.45) is 0 Å². The molecule has 1 aromatic rings. The first-order chi connectivity index (χ1) is 8.76. The van der Waals surface area contributed by atoms with Gasteiger partial charge in [-0.05, 0) is 26.0 Å². The van der Waals surface area contributed by atoms with Gasteiger partial charge in [-0.15, -0.1) is 0 Å². The third kappa shape index (κ3) is 3.89. The second kappa shape index (κ2) is 5.07. The summed E-state index contributed by atoms with van der Waals surface area (Å²) in [4.78, 5) is 3.91. The molecular formula is C12H18N2O4S. The topological polar surface area (TPSA) is 77.5 Å². The van der Waals surface area contributed by atoms with Crippen LogP contribution in [0.5, 0.6) is 0 Å². The van der Waals surface area contributed by atoms with Gasteiger partial charge in [0.05, 0.1) is 31.1 Å². The molecule has 2 heterocycles. The van der Waals surface area contributed by atoms with E-state index >= 15 is 0 Å². The van der Waals surface area contributed by atoms with E-state index < -0.39 is 15.6 Å². The smallest absolute Gasteiger partial charge is 0.192 e. The maximum Gasteiger partial charge on any atom is 0.192 e. The molecule has 0 aromatic carbocycles. The van der Waals surface area contributed by atoms with E-state index in [1.807, 2.05) is 13.8 Å². The fraction of sp³-hybridized carbons (Fsp3) is 0.583. The van der Waals surface area contributed by atoms with Crippen molar-refractivity contribution >= 4 is 15.5 Å². The van der Waals surface area contributed by atoms with Gasteiger partial charge in [-0.3, -0.25) is 0 Å². The van der Waals surface area contributed by atoms with E-state index in [9.17, 15) is 8.42 Å². The number of sulfone groups is 1. The molecule has 0 bridgehead atoms. The van der Waals surface area contributed by atoms with E-state index in [-0.39, 0.29) is 11.1 Å². The molecule has 0 atom stereocenters. The summed E-state index contributed by atoms with van der Waals surface area (Å²) in [5, 5.41) is 3.26. The zero-order valence-corrected chi connectivity index (χ0v) is 12.0. The maximum absolute atomic E-state index is 11.3. The summed E-state index contributed by atoms with van der Waals surface area (Å²) in [7, 11) is -3.26. The van der Waals surface area contributed by atoms with Crippen LogP contribution in [0, 0.1) is 0 Å². The van der Waals surface area contributed by atoms with Crippen LogP contribution < -0.4 is 5.32 Å². The third-order valence-electron chi connectivity index (χ3n) is 2.75. The number of hydrogen-bond donors (Lipinski definition) is 1. The molecule has 2 rings (SSSR count). The van der Waals surface area contributed by atoms with Crippen molar-refractivity contribution in [3.05, 3.63) is 18.3 Å². The fourth-order valence-electron chi connectivity index (χ4n) is 1.70. The number of anilines is 1. The van der Waals surface area contributed by atoms with E-state index in [0.29, 0.717) is 13.2 Å². The number of nitrogens with one attached hydrogen (secondary N) is 1. The monoisotopic (exact) mass is 286 g/mol. The Morgan fingerprint density at radius 1 is 1.32 bits per heavy atom. The van der Waals surface area contributed by atoms with Crippen molar-refractivity contribution in [1.29, 1.82) is 0 Å². The summed E-state index contributed by atoms with van der Waals surface area (Å²) < 4.78 is 33.6. The Balaban J connectivity index is 1.97. The predicted octanol–water partition coefficient (Wildman–Crippen LogP) is 1.05. The Bertz CT molecular complexity index is 529. The molecule has 0 spiro atoms. The standard InChI is InChI=1S/C12H18N2O4S/c1-12(2)17-7-10(8-18-12)14-9-4-5-11(13-6-9)19(3,15)16/h4-6,10,14H,7-8H2,1-3H3. The van der Waals surface area contributed by atoms with Crippen molar-refractivity contribution in [2.75, 3.05) is 24.8 Å². The average Bonchev–Trinajstić information content (AvgIpc) is 2.31. The minimum absolute atomic E-state index is 0.0268. The predicted molar refractivity (Wildman–Crippen MR) is 70.7 cm³/mol. The van der Waals surface area contributed by atoms with Crippen LogP contribution >= 0.6 is 0 Å². The molecule has 1 aromatic heterocycles. The second-order valence-electron chi connectivity index (χ2n) is 5.02. The summed E-state index contributed by atoms with van der Waals surface area (Å²) in [6.07, 6.45) is 2.63. The summed E-state index contributed by atoms with van der Waals surface area (Å²) in [5.74, 6) is -0.545. The fourth-order valence-corrected chi connectivity index (χ4v) is 2.26. The van der Waals surface area contributed by atoms with Gasteiger partial charge in [-0.2, -0.15) is 0 Å². The van der Waals surface area contributed by atoms with Gasteiger partial charge in [0, 0.05) is 6.26 Å². The molecule has 1 N–H and O–H groups in total. The zero-order valence-electron chi connectivity index (χ0n) is 11.2. The molecular weight excluding hydrogens is 268 g/mol. The number of ether oxygens (including phenoxy) is 2. The Labute approximate surface area is 113 Å². The third-order valence-corrected chi connectivity index (χ3v) is 3.75. The lowest BCUT2D eigenvalue weighted by Crippen LogP contribution is -2.45. The van der Waals surface area contributed by atoms with Gasteiger partial charge in [0.1, 0.15) is 0 Å². The zero-order chi connectivity index (χ0) is 14.1. The highest BCUT2D eigenvalue weighted by Crippen LogP contribution is 2.19. The molecule has 106 valence electrons. The Kier molecular flexibility index (Phi) is 3.80. The molecule has 1 saturated heterocycles. The van der Waals surface area contributed by atoms with E-state index in [1.54, 1.807) is 6.07 Å². The Hall–Kier alpha value is -1.18. The lowest BCUT2D eigenvalue weighted by atomic mass is 10.2. The van der Waals surface area contributed by atoms with Crippen LogP contribution in [0.25, 0.3) is 0 Å². The molecule has 0 aliphatic carbocycles. The van der Waals surface area contributed by atoms with Crippen LogP contribution in [-0.4, -0.2) is 44.7 Å². The van der Waals surface area contributed by atoms with Crippen LogP contribution in [0.4, 0.5) is 5.69 Å². The first-order valence-electron chi connectivity index (χ1n) is 5.97. The quantitative estimate of drug-likeness (QED) is 0.895. The molecule has 0 amide bonds. The largest absolute Gasteiger partial charge is 0.376 e. The Morgan fingerprint density at radius 3 is 2.42 bits per heavy atom. The number of pyridine rings is 1. The van der Waals surface area contributed by atoms with E-state index in [4.69, 9.17) is 9.47 Å². The number of nitrogens with zero attached hydrogens (tertiary/aromatic N) is 1. The number of aromatic nitrogens is 1. The molecule has 1 aliphatic rings. The molecule has 0 saturated carbocycles. The van der Waals surface area contributed by atoms with Gasteiger partial charge < -0.3 is 14.8 Å². The van der Waals surface area contributed by atoms with Gasteiger partial charge in [-0.1, -0.05) is 0 Å². The second-order valence-corrected chi connectivity index (χ2v) is 6.98. The van der Waals surface area contributed by atoms with Crippen LogP contribution in [0.2, 0.25) is 0 Å². The molecule has 1 aliphatic heterocycles. The van der Waals surface area contributed by atoms with Gasteiger partial charge in [0.2, 0.25) is 0 Å². The van der Waals surface area contributed by atoms with Crippen molar-refractivity contribution in [2.45, 2.75) is 30.7 Å². The van der Waals surface area contributed by atoms with Crippen molar-refractivity contribution < 1.29 is 17.9 Å². The molecule has 7 heteroatoms. The summed E-state index contributed by atoms with van der Waals surface area (Å²) in [6, 6.07) is 3.19. The van der Waals surface area contributed by atoms with E-state index in [0.717, 1.165) is 11.9 Å². The highest BCUT2D eigenvalue weighted by Gasteiger charge is 2.28. The van der Waals surface area contributed by atoms with Gasteiger partial charge >= 0.3 is 0 Å².